The number of nitrogens with zero attached hydrogens (tertiary/aromatic N) is 2. The summed E-state index contributed by atoms with van der Waals surface area (Å²) in [5.41, 5.74) is 3.25. The number of anilines is 2. The van der Waals surface area contributed by atoms with E-state index in [2.05, 4.69) is 20.4 Å². The van der Waals surface area contributed by atoms with E-state index in [9.17, 15) is 14.0 Å². The van der Waals surface area contributed by atoms with Crippen LogP contribution in [0.1, 0.15) is 18.1 Å². The molecule has 0 aromatic heterocycles. The summed E-state index contributed by atoms with van der Waals surface area (Å²) in [7, 11) is 0. The highest BCUT2D eigenvalue weighted by Crippen LogP contribution is 2.18. The van der Waals surface area contributed by atoms with Crippen LogP contribution in [0.3, 0.4) is 0 Å². The van der Waals surface area contributed by atoms with E-state index in [0.29, 0.717) is 32.7 Å². The van der Waals surface area contributed by atoms with Crippen molar-refractivity contribution in [1.29, 1.82) is 0 Å². The van der Waals surface area contributed by atoms with Crippen molar-refractivity contribution in [2.75, 3.05) is 43.4 Å². The van der Waals surface area contributed by atoms with Crippen LogP contribution in [0, 0.1) is 19.7 Å². The number of amides is 2. The number of carbonyl (C=O) groups is 2. The van der Waals surface area contributed by atoms with Gasteiger partial charge in [0, 0.05) is 31.9 Å². The molecule has 0 saturated carbocycles. The zero-order valence-corrected chi connectivity index (χ0v) is 17.7. The topological polar surface area (TPSA) is 64.7 Å². The highest BCUT2D eigenvalue weighted by Gasteiger charge is 2.26. The molecular weight excluding hydrogens is 383 g/mol. The fraction of sp³-hybridized carbons (Fsp3) is 0.391. The first-order valence-electron chi connectivity index (χ1n) is 10.2. The molecule has 2 aromatic rings. The molecule has 1 aliphatic heterocycles. The summed E-state index contributed by atoms with van der Waals surface area (Å²) in [5.74, 6) is -0.721. The van der Waals surface area contributed by atoms with Gasteiger partial charge in [-0.1, -0.05) is 24.3 Å². The quantitative estimate of drug-likeness (QED) is 0.766. The summed E-state index contributed by atoms with van der Waals surface area (Å²) < 4.78 is 13.8. The second kappa shape index (κ2) is 9.82. The first-order chi connectivity index (χ1) is 14.3. The van der Waals surface area contributed by atoms with Crippen molar-refractivity contribution in [2.45, 2.75) is 26.8 Å². The van der Waals surface area contributed by atoms with Crippen LogP contribution in [-0.4, -0.2) is 60.4 Å². The number of para-hydroxylation sites is 1. The molecule has 2 aromatic carbocycles. The van der Waals surface area contributed by atoms with Gasteiger partial charge in [-0.15, -0.1) is 0 Å². The van der Waals surface area contributed by atoms with E-state index in [-0.39, 0.29) is 23.5 Å². The molecule has 7 heteroatoms. The first-order valence-corrected chi connectivity index (χ1v) is 10.2. The second-order valence-electron chi connectivity index (χ2n) is 7.75. The third-order valence-electron chi connectivity index (χ3n) is 5.71. The molecule has 30 heavy (non-hydrogen) atoms. The summed E-state index contributed by atoms with van der Waals surface area (Å²) in [4.78, 5) is 29.1. The summed E-state index contributed by atoms with van der Waals surface area (Å²) in [6, 6.07) is 11.6. The average Bonchev–Trinajstić information content (AvgIpc) is 2.73. The number of rotatable bonds is 6. The maximum atomic E-state index is 13.8. The van der Waals surface area contributed by atoms with Crippen molar-refractivity contribution >= 4 is 23.2 Å². The third kappa shape index (κ3) is 5.43. The van der Waals surface area contributed by atoms with Crippen molar-refractivity contribution in [2.24, 2.45) is 0 Å². The molecule has 1 unspecified atom stereocenters. The lowest BCUT2D eigenvalue weighted by atomic mass is 10.1. The zero-order chi connectivity index (χ0) is 21.7. The number of piperazine rings is 1. The lowest BCUT2D eigenvalue weighted by Gasteiger charge is -2.37. The summed E-state index contributed by atoms with van der Waals surface area (Å²) in [5, 5.41) is 5.64. The third-order valence-corrected chi connectivity index (χ3v) is 5.71. The zero-order valence-electron chi connectivity index (χ0n) is 17.7. The SMILES string of the molecule is Cc1cccc(NC(=O)CN2CCN(C(C)C(=O)Nc3ccccc3F)CC2)c1C. The molecule has 2 N–H and O–H groups in total. The van der Waals surface area contributed by atoms with Gasteiger partial charge < -0.3 is 10.6 Å². The highest BCUT2D eigenvalue weighted by molar-refractivity contribution is 5.94. The van der Waals surface area contributed by atoms with Crippen LogP contribution in [0.5, 0.6) is 0 Å². The monoisotopic (exact) mass is 412 g/mol. The van der Waals surface area contributed by atoms with Gasteiger partial charge in [0.15, 0.2) is 0 Å². The minimum atomic E-state index is -0.447. The molecule has 1 aliphatic rings. The van der Waals surface area contributed by atoms with Gasteiger partial charge in [0.05, 0.1) is 18.3 Å². The molecule has 1 saturated heterocycles. The van der Waals surface area contributed by atoms with Crippen LogP contribution in [0.4, 0.5) is 15.8 Å². The molecule has 1 heterocycles. The molecule has 3 rings (SSSR count). The Labute approximate surface area is 177 Å². The van der Waals surface area contributed by atoms with Gasteiger partial charge in [-0.25, -0.2) is 4.39 Å². The van der Waals surface area contributed by atoms with E-state index >= 15 is 0 Å². The minimum absolute atomic E-state index is 0.0394. The second-order valence-corrected chi connectivity index (χ2v) is 7.75. The van der Waals surface area contributed by atoms with Crippen molar-refractivity contribution < 1.29 is 14.0 Å². The number of aryl methyl sites for hydroxylation is 1. The van der Waals surface area contributed by atoms with Crippen LogP contribution < -0.4 is 10.6 Å². The van der Waals surface area contributed by atoms with Gasteiger partial charge >= 0.3 is 0 Å². The Balaban J connectivity index is 1.47. The lowest BCUT2D eigenvalue weighted by molar-refractivity contribution is -0.122. The Kier molecular flexibility index (Phi) is 7.18. The molecule has 6 nitrogen and oxygen atoms in total. The Bertz CT molecular complexity index is 910. The molecule has 0 radical (unpaired) electrons. The molecule has 1 atom stereocenters. The van der Waals surface area contributed by atoms with Gasteiger partial charge in [-0.3, -0.25) is 19.4 Å². The Morgan fingerprint density at radius 3 is 2.33 bits per heavy atom. The van der Waals surface area contributed by atoms with Crippen LogP contribution in [-0.2, 0) is 9.59 Å². The predicted octanol–water partition coefficient (Wildman–Crippen LogP) is 3.03. The van der Waals surface area contributed by atoms with Crippen LogP contribution in [0.25, 0.3) is 0 Å². The molecule has 0 aliphatic carbocycles. The summed E-state index contributed by atoms with van der Waals surface area (Å²) in [6.45, 7) is 8.88. The maximum Gasteiger partial charge on any atom is 0.241 e. The largest absolute Gasteiger partial charge is 0.325 e. The smallest absolute Gasteiger partial charge is 0.241 e. The Morgan fingerprint density at radius 1 is 0.967 bits per heavy atom. The van der Waals surface area contributed by atoms with E-state index < -0.39 is 5.82 Å². The standard InChI is InChI=1S/C23H29FN4O2/c1-16-7-6-10-20(17(16)2)25-22(29)15-27-11-13-28(14-12-27)18(3)23(30)26-21-9-5-4-8-19(21)24/h4-10,18H,11-15H2,1-3H3,(H,25,29)(H,26,30). The fourth-order valence-corrected chi connectivity index (χ4v) is 3.55. The number of carbonyl (C=O) groups excluding carboxylic acids is 2. The molecule has 1 fully saturated rings. The minimum Gasteiger partial charge on any atom is -0.325 e. The van der Waals surface area contributed by atoms with Crippen molar-refractivity contribution in [1.82, 2.24) is 9.80 Å². The van der Waals surface area contributed by atoms with E-state index in [0.717, 1.165) is 16.8 Å². The van der Waals surface area contributed by atoms with E-state index in [1.807, 2.05) is 39.0 Å². The number of nitrogens with one attached hydrogen (secondary N) is 2. The van der Waals surface area contributed by atoms with Crippen LogP contribution in [0.2, 0.25) is 0 Å². The predicted molar refractivity (Wildman–Crippen MR) is 117 cm³/mol. The van der Waals surface area contributed by atoms with Crippen molar-refractivity contribution in [3.8, 4) is 0 Å². The van der Waals surface area contributed by atoms with Gasteiger partial charge in [0.1, 0.15) is 5.82 Å². The Hall–Kier alpha value is -2.77. The van der Waals surface area contributed by atoms with Crippen LogP contribution >= 0.6 is 0 Å². The van der Waals surface area contributed by atoms with Gasteiger partial charge in [-0.05, 0) is 50.1 Å². The van der Waals surface area contributed by atoms with Gasteiger partial charge in [0.2, 0.25) is 11.8 Å². The normalized spacial score (nSPS) is 16.1. The van der Waals surface area contributed by atoms with E-state index in [1.54, 1.807) is 18.2 Å². The van der Waals surface area contributed by atoms with Gasteiger partial charge in [-0.2, -0.15) is 0 Å². The highest BCUT2D eigenvalue weighted by atomic mass is 19.1. The Morgan fingerprint density at radius 2 is 1.63 bits per heavy atom. The van der Waals surface area contributed by atoms with Crippen molar-refractivity contribution in [3.63, 3.8) is 0 Å². The maximum absolute atomic E-state index is 13.8. The molecule has 0 spiro atoms. The lowest BCUT2D eigenvalue weighted by Crippen LogP contribution is -2.53. The number of hydrogen-bond donors (Lipinski definition) is 2. The molecular formula is C23H29FN4O2. The summed E-state index contributed by atoms with van der Waals surface area (Å²) >= 11 is 0. The number of halogens is 1. The molecule has 160 valence electrons. The van der Waals surface area contributed by atoms with Gasteiger partial charge in [0.25, 0.3) is 0 Å². The fourth-order valence-electron chi connectivity index (χ4n) is 3.55. The first kappa shape index (κ1) is 21.9. The summed E-state index contributed by atoms with van der Waals surface area (Å²) in [6.07, 6.45) is 0. The van der Waals surface area contributed by atoms with E-state index in [4.69, 9.17) is 0 Å². The average molecular weight is 413 g/mol. The molecule has 2 amide bonds. The number of benzene rings is 2. The van der Waals surface area contributed by atoms with Crippen molar-refractivity contribution in [3.05, 3.63) is 59.4 Å². The van der Waals surface area contributed by atoms with Crippen LogP contribution in [0.15, 0.2) is 42.5 Å². The number of hydrogen-bond acceptors (Lipinski definition) is 4. The van der Waals surface area contributed by atoms with E-state index in [1.165, 1.54) is 6.07 Å². The molecule has 0 bridgehead atoms.